The third-order valence-electron chi connectivity index (χ3n) is 12.6. The van der Waals surface area contributed by atoms with Gasteiger partial charge in [0.2, 0.25) is 35.4 Å². The Morgan fingerprint density at radius 1 is 0.750 bits per heavy atom. The van der Waals surface area contributed by atoms with Crippen LogP contribution in [0.1, 0.15) is 109 Å². The number of carboxylic acid groups (broad SMARTS) is 1. The molecule has 1 fully saturated rings. The number of likely N-dealkylation sites (tertiary alicyclic amines) is 1. The lowest BCUT2D eigenvalue weighted by Crippen LogP contribution is -2.57. The number of aliphatic carboxylic acids is 1. The fourth-order valence-electron chi connectivity index (χ4n) is 8.12. The highest BCUT2D eigenvalue weighted by molar-refractivity contribution is 6.40. The van der Waals surface area contributed by atoms with Gasteiger partial charge in [-0.3, -0.25) is 48.6 Å². The minimum absolute atomic E-state index is 0.00814. The van der Waals surface area contributed by atoms with Crippen LogP contribution in [-0.2, 0) is 54.4 Å². The summed E-state index contributed by atoms with van der Waals surface area (Å²) in [5, 5.41) is 37.6. The van der Waals surface area contributed by atoms with E-state index in [1.807, 2.05) is 0 Å². The lowest BCUT2D eigenvalue weighted by Gasteiger charge is -2.28. The average molecular weight is 1130 g/mol. The number of unbranched alkanes of at least 4 members (excludes halogenated alkanes) is 3. The number of carbonyl (C=O) groups is 10. The number of imidazole rings is 1. The fraction of sp³-hybridized carbons (Fsp3) is 0.653. The Morgan fingerprint density at radius 2 is 1.36 bits per heavy atom. The summed E-state index contributed by atoms with van der Waals surface area (Å²) in [5.41, 5.74) is 39.4. The third kappa shape index (κ3) is 25.6. The van der Waals surface area contributed by atoms with Gasteiger partial charge in [-0.1, -0.05) is 12.5 Å². The number of aromatic amines is 1. The molecule has 9 amide bonds. The van der Waals surface area contributed by atoms with Gasteiger partial charge in [-0.15, -0.1) is 0 Å². The zero-order valence-corrected chi connectivity index (χ0v) is 45.7. The average Bonchev–Trinajstić information content (AvgIpc) is 4.15. The maximum atomic E-state index is 14.3. The second-order valence-electron chi connectivity index (χ2n) is 19.1. The molecule has 0 bridgehead atoms. The second-order valence-corrected chi connectivity index (χ2v) is 19.1. The lowest BCUT2D eigenvalue weighted by molar-refractivity contribution is -0.141. The van der Waals surface area contributed by atoms with Gasteiger partial charge in [0.15, 0.2) is 5.96 Å². The van der Waals surface area contributed by atoms with Crippen LogP contribution in [0, 0.1) is 5.41 Å². The number of amides is 9. The van der Waals surface area contributed by atoms with Gasteiger partial charge in [-0.2, -0.15) is 0 Å². The van der Waals surface area contributed by atoms with E-state index < -0.39 is 108 Å². The molecule has 448 valence electrons. The van der Waals surface area contributed by atoms with Gasteiger partial charge in [-0.05, 0) is 130 Å². The normalized spacial score (nSPS) is 15.7. The SMILES string of the molecule is C[C@H](NC(=O)[C@H](CCN)NC(=O)[C@@H](N)CCCCN)C(=O)NCC(=O)/N=C(\CCCN)C(=O)N1CCC[C@H]1C(=O)N[C@@H](Cc1cnc[nH]1)C(=O)N[C@@H](CCCCN)C(=O)N/C(=C\CCNC(=N)N)C(=O)N[C@@H](CCCCN)C(=O)O. The summed E-state index contributed by atoms with van der Waals surface area (Å²) in [7, 11) is 0. The molecule has 1 aromatic heterocycles. The van der Waals surface area contributed by atoms with Crippen molar-refractivity contribution in [2.45, 2.75) is 152 Å². The number of H-pyrrole nitrogens is 1. The van der Waals surface area contributed by atoms with Crippen molar-refractivity contribution >= 4 is 70.8 Å². The number of hydrogen-bond donors (Lipinski definition) is 18. The van der Waals surface area contributed by atoms with Crippen molar-refractivity contribution in [3.8, 4) is 0 Å². The summed E-state index contributed by atoms with van der Waals surface area (Å²) in [6.45, 7) is 1.89. The number of guanidine groups is 1. The summed E-state index contributed by atoms with van der Waals surface area (Å²) >= 11 is 0. The van der Waals surface area contributed by atoms with Crippen LogP contribution >= 0.6 is 0 Å². The number of carboxylic acids is 1. The smallest absolute Gasteiger partial charge is 0.326 e. The highest BCUT2D eigenvalue weighted by Gasteiger charge is 2.38. The molecule has 1 aliphatic rings. The van der Waals surface area contributed by atoms with Crippen LogP contribution in [-0.4, -0.2) is 185 Å². The predicted octanol–water partition coefficient (Wildman–Crippen LogP) is -5.77. The maximum Gasteiger partial charge on any atom is 0.326 e. The van der Waals surface area contributed by atoms with Crippen LogP contribution in [0.15, 0.2) is 29.3 Å². The van der Waals surface area contributed by atoms with Gasteiger partial charge >= 0.3 is 5.97 Å². The van der Waals surface area contributed by atoms with Crippen LogP contribution in [0.2, 0.25) is 0 Å². The van der Waals surface area contributed by atoms with Crippen molar-refractivity contribution in [1.82, 2.24) is 57.4 Å². The van der Waals surface area contributed by atoms with E-state index >= 15 is 0 Å². The first-order valence-corrected chi connectivity index (χ1v) is 27.0. The van der Waals surface area contributed by atoms with Crippen molar-refractivity contribution < 1.29 is 53.1 Å². The van der Waals surface area contributed by atoms with Gasteiger partial charge in [-0.25, -0.2) is 14.8 Å². The molecular weight excluding hydrogens is 1040 g/mol. The molecule has 0 spiro atoms. The number of nitrogens with zero attached hydrogens (tertiary/aromatic N) is 3. The van der Waals surface area contributed by atoms with Crippen molar-refractivity contribution in [2.75, 3.05) is 52.4 Å². The summed E-state index contributed by atoms with van der Waals surface area (Å²) in [6.07, 6.45) is 7.91. The number of rotatable bonds is 39. The Morgan fingerprint density at radius 3 is 1.96 bits per heavy atom. The minimum atomic E-state index is -1.39. The molecule has 7 atom stereocenters. The van der Waals surface area contributed by atoms with E-state index in [1.54, 1.807) is 0 Å². The summed E-state index contributed by atoms with van der Waals surface area (Å²) in [6, 6.07) is -8.44. The molecule has 25 N–H and O–H groups in total. The Balaban J connectivity index is 2.32. The van der Waals surface area contributed by atoms with Crippen LogP contribution in [0.4, 0.5) is 0 Å². The molecule has 0 radical (unpaired) electrons. The number of hydrogen-bond acceptors (Lipinski definition) is 18. The Hall–Kier alpha value is -7.45. The van der Waals surface area contributed by atoms with Crippen LogP contribution in [0.5, 0.6) is 0 Å². The van der Waals surface area contributed by atoms with Gasteiger partial charge in [0.05, 0.1) is 18.9 Å². The van der Waals surface area contributed by atoms with E-state index in [9.17, 15) is 53.1 Å². The summed E-state index contributed by atoms with van der Waals surface area (Å²) in [5.74, 6) is -8.88. The monoisotopic (exact) mass is 1130 g/mol. The van der Waals surface area contributed by atoms with E-state index in [4.69, 9.17) is 45.5 Å². The van der Waals surface area contributed by atoms with Crippen molar-refractivity contribution in [3.63, 3.8) is 0 Å². The third-order valence-corrected chi connectivity index (χ3v) is 12.6. The summed E-state index contributed by atoms with van der Waals surface area (Å²) < 4.78 is 0. The molecule has 2 heterocycles. The second kappa shape index (κ2) is 38.2. The molecule has 1 aromatic rings. The molecule has 0 aliphatic carbocycles. The Labute approximate surface area is 464 Å². The van der Waals surface area contributed by atoms with Crippen LogP contribution in [0.3, 0.4) is 0 Å². The molecule has 1 saturated heterocycles. The van der Waals surface area contributed by atoms with Crippen molar-refractivity contribution in [1.29, 1.82) is 5.41 Å². The molecular formula is C49H86N20O11. The first kappa shape index (κ1) is 68.7. The molecule has 1 aliphatic heterocycles. The Bertz CT molecular complexity index is 2260. The van der Waals surface area contributed by atoms with Gasteiger partial charge < -0.3 is 97.7 Å². The highest BCUT2D eigenvalue weighted by Crippen LogP contribution is 2.20. The standard InChI is InChI=1S/C49H86N20O11/c1-29(62-42(73)34(17-22-54)64-41(72)31(55)11-2-5-18-50)40(71)60-27-39(70)63-35(14-8-21-53)47(78)69-24-10-16-38(69)46(77)68-37(25-30-26-58-28-61-30)45(76)66-32(12-3-6-19-51)43(74)65-33(15-9-23-59-49(56)57)44(75)67-36(48(79)80)13-4-7-20-52/h15,26,28-29,31-32,34,36-38H,2-14,16-25,27,50-55H2,1H3,(H,58,61)(H,60,71)(H,62,73)(H,64,72)(H,65,74)(H,66,76)(H,67,75)(H,68,77)(H,79,80)(H4,56,57,59)/b33-15-,63-35+/t29-,31-,32-,34-,36-,37-,38-/m0/s1. The summed E-state index contributed by atoms with van der Waals surface area (Å²) in [4.78, 5) is 147. The zero-order chi connectivity index (χ0) is 59.6. The molecule has 0 aromatic carbocycles. The first-order chi connectivity index (χ1) is 38.2. The number of nitrogens with two attached hydrogens (primary N) is 7. The fourth-order valence-corrected chi connectivity index (χ4v) is 8.12. The number of aliphatic imine (C=N–C) groups is 1. The largest absolute Gasteiger partial charge is 0.480 e. The molecule has 0 saturated carbocycles. The van der Waals surface area contributed by atoms with Crippen molar-refractivity contribution in [3.05, 3.63) is 30.0 Å². The molecule has 0 unspecified atom stereocenters. The molecule has 31 nitrogen and oxygen atoms in total. The van der Waals surface area contributed by atoms with E-state index in [0.717, 1.165) is 0 Å². The quantitative estimate of drug-likeness (QED) is 0.0126. The van der Waals surface area contributed by atoms with Crippen molar-refractivity contribution in [2.24, 2.45) is 45.1 Å². The topological polar surface area (TPSA) is 537 Å². The Kier molecular flexibility index (Phi) is 32.8. The zero-order valence-electron chi connectivity index (χ0n) is 45.7. The van der Waals surface area contributed by atoms with E-state index in [1.165, 1.54) is 30.4 Å². The number of carbonyl (C=O) groups excluding carboxylic acids is 9. The molecule has 2 rings (SSSR count). The van der Waals surface area contributed by atoms with Crippen LogP contribution < -0.4 is 82.7 Å². The van der Waals surface area contributed by atoms with E-state index in [2.05, 4.69) is 57.5 Å². The minimum Gasteiger partial charge on any atom is -0.480 e. The van der Waals surface area contributed by atoms with Gasteiger partial charge in [0.25, 0.3) is 17.7 Å². The van der Waals surface area contributed by atoms with Gasteiger partial charge in [0, 0.05) is 31.4 Å². The maximum absolute atomic E-state index is 14.3. The molecule has 31 heteroatoms. The number of aromatic nitrogens is 2. The predicted molar refractivity (Wildman–Crippen MR) is 295 cm³/mol. The first-order valence-electron chi connectivity index (χ1n) is 27.0. The molecule has 80 heavy (non-hydrogen) atoms. The van der Waals surface area contributed by atoms with Crippen LogP contribution in [0.25, 0.3) is 0 Å². The van der Waals surface area contributed by atoms with E-state index in [0.29, 0.717) is 70.2 Å². The number of nitrogens with one attached hydrogen (secondary N) is 10. The highest BCUT2D eigenvalue weighted by atomic mass is 16.4. The lowest BCUT2D eigenvalue weighted by atomic mass is 10.1. The van der Waals surface area contributed by atoms with E-state index in [-0.39, 0.29) is 101 Å². The van der Waals surface area contributed by atoms with Gasteiger partial charge in [0.1, 0.15) is 47.7 Å².